The lowest BCUT2D eigenvalue weighted by Crippen LogP contribution is -2.43. The van der Waals surface area contributed by atoms with Gasteiger partial charge in [-0.3, -0.25) is 0 Å². The van der Waals surface area contributed by atoms with Crippen molar-refractivity contribution >= 4 is 0 Å². The number of para-hydroxylation sites is 1. The summed E-state index contributed by atoms with van der Waals surface area (Å²) in [5.74, 6) is 0.801. The number of ether oxygens (including phenoxy) is 1. The lowest BCUT2D eigenvalue weighted by atomic mass is 9.83. The molecular weight excluding hydrogens is 226 g/mol. The third-order valence-corrected chi connectivity index (χ3v) is 3.97. The van der Waals surface area contributed by atoms with Gasteiger partial charge in [0.25, 0.3) is 0 Å². The molecule has 1 aliphatic rings. The van der Waals surface area contributed by atoms with Gasteiger partial charge in [-0.2, -0.15) is 0 Å². The molecular formula is C15H23NO2. The van der Waals surface area contributed by atoms with Crippen molar-refractivity contribution in [1.82, 2.24) is 5.32 Å². The first-order valence-corrected chi connectivity index (χ1v) is 6.74. The van der Waals surface area contributed by atoms with E-state index in [1.807, 2.05) is 12.1 Å². The van der Waals surface area contributed by atoms with Crippen LogP contribution in [0.2, 0.25) is 0 Å². The molecule has 1 saturated carbocycles. The number of methoxy groups -OCH3 is 1. The molecule has 0 aromatic heterocycles. The van der Waals surface area contributed by atoms with E-state index >= 15 is 0 Å². The van der Waals surface area contributed by atoms with E-state index in [0.29, 0.717) is 12.3 Å². The van der Waals surface area contributed by atoms with Crippen LogP contribution >= 0.6 is 0 Å². The SMILES string of the molecule is COc1cccc(CNC2(C)CCCCC2)c1O. The number of hydrogen-bond donors (Lipinski definition) is 2. The number of phenols is 1. The molecule has 2 rings (SSSR count). The minimum atomic E-state index is 0.216. The van der Waals surface area contributed by atoms with Gasteiger partial charge in [-0.15, -0.1) is 0 Å². The second-order valence-corrected chi connectivity index (χ2v) is 5.44. The van der Waals surface area contributed by atoms with Crippen LogP contribution in [-0.4, -0.2) is 17.8 Å². The fourth-order valence-electron chi connectivity index (χ4n) is 2.69. The molecule has 1 aromatic rings. The molecule has 100 valence electrons. The summed E-state index contributed by atoms with van der Waals surface area (Å²) in [5.41, 5.74) is 1.12. The molecule has 0 spiro atoms. The standard InChI is InChI=1S/C15H23NO2/c1-15(9-4-3-5-10-15)16-11-12-7-6-8-13(18-2)14(12)17/h6-8,16-17H,3-5,9-11H2,1-2H3. The van der Waals surface area contributed by atoms with Gasteiger partial charge in [0.15, 0.2) is 11.5 Å². The highest BCUT2D eigenvalue weighted by atomic mass is 16.5. The Kier molecular flexibility index (Phi) is 4.12. The Morgan fingerprint density at radius 3 is 2.67 bits per heavy atom. The fraction of sp³-hybridized carbons (Fsp3) is 0.600. The first kappa shape index (κ1) is 13.2. The maximum atomic E-state index is 10.0. The van der Waals surface area contributed by atoms with Crippen LogP contribution in [-0.2, 0) is 6.54 Å². The molecule has 18 heavy (non-hydrogen) atoms. The minimum absolute atomic E-state index is 0.216. The molecule has 0 unspecified atom stereocenters. The Balaban J connectivity index is 2.01. The molecule has 1 aromatic carbocycles. The summed E-state index contributed by atoms with van der Waals surface area (Å²) in [4.78, 5) is 0. The van der Waals surface area contributed by atoms with E-state index in [1.54, 1.807) is 13.2 Å². The van der Waals surface area contributed by atoms with Gasteiger partial charge in [0.2, 0.25) is 0 Å². The third kappa shape index (κ3) is 2.96. The molecule has 0 amide bonds. The Labute approximate surface area is 109 Å². The van der Waals surface area contributed by atoms with Crippen molar-refractivity contribution in [2.45, 2.75) is 51.1 Å². The van der Waals surface area contributed by atoms with Crippen LogP contribution in [0, 0.1) is 0 Å². The van der Waals surface area contributed by atoms with E-state index in [-0.39, 0.29) is 11.3 Å². The van der Waals surface area contributed by atoms with Crippen LogP contribution in [0.4, 0.5) is 0 Å². The number of hydrogen-bond acceptors (Lipinski definition) is 3. The van der Waals surface area contributed by atoms with Crippen molar-refractivity contribution in [3.63, 3.8) is 0 Å². The van der Waals surface area contributed by atoms with Gasteiger partial charge < -0.3 is 15.2 Å². The smallest absolute Gasteiger partial charge is 0.162 e. The van der Waals surface area contributed by atoms with Crippen LogP contribution in [0.25, 0.3) is 0 Å². The normalized spacial score (nSPS) is 18.6. The topological polar surface area (TPSA) is 41.5 Å². The highest BCUT2D eigenvalue weighted by Gasteiger charge is 2.26. The molecule has 0 heterocycles. The zero-order chi connectivity index (χ0) is 13.0. The summed E-state index contributed by atoms with van der Waals surface area (Å²) in [6.07, 6.45) is 6.39. The van der Waals surface area contributed by atoms with Crippen molar-refractivity contribution in [3.05, 3.63) is 23.8 Å². The number of aromatic hydroxyl groups is 1. The van der Waals surface area contributed by atoms with Gasteiger partial charge in [0.1, 0.15) is 0 Å². The van der Waals surface area contributed by atoms with E-state index in [4.69, 9.17) is 4.74 Å². The summed E-state index contributed by atoms with van der Waals surface area (Å²) >= 11 is 0. The summed E-state index contributed by atoms with van der Waals surface area (Å²) < 4.78 is 5.12. The van der Waals surface area contributed by atoms with Crippen LogP contribution in [0.3, 0.4) is 0 Å². The maximum Gasteiger partial charge on any atom is 0.162 e. The quantitative estimate of drug-likeness (QED) is 0.861. The van der Waals surface area contributed by atoms with Crippen molar-refractivity contribution in [2.75, 3.05) is 7.11 Å². The van der Waals surface area contributed by atoms with Gasteiger partial charge in [-0.25, -0.2) is 0 Å². The van der Waals surface area contributed by atoms with Crippen LogP contribution in [0.15, 0.2) is 18.2 Å². The zero-order valence-electron chi connectivity index (χ0n) is 11.3. The van der Waals surface area contributed by atoms with E-state index in [9.17, 15) is 5.11 Å². The molecule has 0 atom stereocenters. The number of rotatable bonds is 4. The van der Waals surface area contributed by atoms with E-state index in [2.05, 4.69) is 12.2 Å². The van der Waals surface area contributed by atoms with E-state index in [0.717, 1.165) is 5.56 Å². The predicted molar refractivity (Wildman–Crippen MR) is 73.0 cm³/mol. The molecule has 3 nitrogen and oxygen atoms in total. The lowest BCUT2D eigenvalue weighted by Gasteiger charge is -2.35. The van der Waals surface area contributed by atoms with Crippen molar-refractivity contribution in [3.8, 4) is 11.5 Å². The summed E-state index contributed by atoms with van der Waals surface area (Å²) in [5, 5.41) is 13.6. The Morgan fingerprint density at radius 2 is 2.00 bits per heavy atom. The first-order chi connectivity index (χ1) is 8.64. The van der Waals surface area contributed by atoms with Gasteiger partial charge in [0, 0.05) is 17.6 Å². The van der Waals surface area contributed by atoms with Crippen molar-refractivity contribution in [2.24, 2.45) is 0 Å². The van der Waals surface area contributed by atoms with Crippen molar-refractivity contribution < 1.29 is 9.84 Å². The van der Waals surface area contributed by atoms with E-state index < -0.39 is 0 Å². The third-order valence-electron chi connectivity index (χ3n) is 3.97. The molecule has 0 aliphatic heterocycles. The Bertz CT molecular complexity index is 397. The van der Waals surface area contributed by atoms with Crippen LogP contribution < -0.4 is 10.1 Å². The lowest BCUT2D eigenvalue weighted by molar-refractivity contribution is 0.251. The summed E-state index contributed by atoms with van der Waals surface area (Å²) in [7, 11) is 1.58. The number of benzene rings is 1. The van der Waals surface area contributed by atoms with Crippen LogP contribution in [0.5, 0.6) is 11.5 Å². The molecule has 0 radical (unpaired) electrons. The maximum absolute atomic E-state index is 10.0. The van der Waals surface area contributed by atoms with Crippen molar-refractivity contribution in [1.29, 1.82) is 0 Å². The van der Waals surface area contributed by atoms with Gasteiger partial charge in [-0.1, -0.05) is 31.4 Å². The number of phenolic OH excluding ortho intramolecular Hbond substituents is 1. The second kappa shape index (κ2) is 5.61. The average molecular weight is 249 g/mol. The molecule has 0 saturated heterocycles. The summed E-state index contributed by atoms with van der Waals surface area (Å²) in [6.45, 7) is 2.98. The van der Waals surface area contributed by atoms with Crippen LogP contribution in [0.1, 0.15) is 44.6 Å². The Hall–Kier alpha value is -1.22. The van der Waals surface area contributed by atoms with Gasteiger partial charge >= 0.3 is 0 Å². The second-order valence-electron chi connectivity index (χ2n) is 5.44. The van der Waals surface area contributed by atoms with Gasteiger partial charge in [0.05, 0.1) is 7.11 Å². The highest BCUT2D eigenvalue weighted by Crippen LogP contribution is 2.31. The molecule has 0 bridgehead atoms. The largest absolute Gasteiger partial charge is 0.504 e. The summed E-state index contributed by atoms with van der Waals surface area (Å²) in [6, 6.07) is 5.64. The van der Waals surface area contributed by atoms with E-state index in [1.165, 1.54) is 32.1 Å². The van der Waals surface area contributed by atoms with Gasteiger partial charge in [-0.05, 0) is 25.8 Å². The fourth-order valence-corrected chi connectivity index (χ4v) is 2.69. The molecule has 1 fully saturated rings. The zero-order valence-corrected chi connectivity index (χ0v) is 11.3. The molecule has 2 N–H and O–H groups in total. The highest BCUT2D eigenvalue weighted by molar-refractivity contribution is 5.45. The average Bonchev–Trinajstić information content (AvgIpc) is 2.38. The number of nitrogens with one attached hydrogen (secondary N) is 1. The monoisotopic (exact) mass is 249 g/mol. The Morgan fingerprint density at radius 1 is 1.28 bits per heavy atom. The first-order valence-electron chi connectivity index (χ1n) is 6.74. The molecule has 1 aliphatic carbocycles. The minimum Gasteiger partial charge on any atom is -0.504 e. The molecule has 3 heteroatoms. The predicted octanol–water partition coefficient (Wildman–Crippen LogP) is 3.21.